The Morgan fingerprint density at radius 3 is 2.07 bits per heavy atom. The fraction of sp³-hybridized carbons (Fsp3) is 0.300. The van der Waals surface area contributed by atoms with Crippen LogP contribution in [0.5, 0.6) is 5.75 Å². The zero-order valence-electron chi connectivity index (χ0n) is 15.0. The molecule has 2 aromatic carbocycles. The molecule has 0 atom stereocenters. The van der Waals surface area contributed by atoms with E-state index in [1.165, 1.54) is 12.1 Å². The maximum atomic E-state index is 12.1. The lowest BCUT2D eigenvalue weighted by Crippen LogP contribution is -2.48. The largest absolute Gasteiger partial charge is 0.508 e. The average Bonchev–Trinajstić information content (AvgIpc) is 2.66. The number of rotatable bonds is 6. The van der Waals surface area contributed by atoms with Crippen molar-refractivity contribution in [3.05, 3.63) is 59.7 Å². The van der Waals surface area contributed by atoms with Crippen LogP contribution in [0, 0.1) is 0 Å². The first-order valence-corrected chi connectivity index (χ1v) is 8.85. The molecule has 0 bridgehead atoms. The second-order valence-corrected chi connectivity index (χ2v) is 6.65. The summed E-state index contributed by atoms with van der Waals surface area (Å²) >= 11 is 0. The van der Waals surface area contributed by atoms with Crippen LogP contribution >= 0.6 is 0 Å². The minimum atomic E-state index is -0.916. The van der Waals surface area contributed by atoms with Gasteiger partial charge in [0.25, 0.3) is 0 Å². The number of nitrogens with zero attached hydrogens (tertiary/aromatic N) is 2. The van der Waals surface area contributed by atoms with Crippen LogP contribution in [0.15, 0.2) is 48.5 Å². The first kappa shape index (κ1) is 18.9. The summed E-state index contributed by atoms with van der Waals surface area (Å²) in [5.41, 5.74) is 2.04. The van der Waals surface area contributed by atoms with Crippen LogP contribution in [0.3, 0.4) is 0 Å². The summed E-state index contributed by atoms with van der Waals surface area (Å²) < 4.78 is 0. The van der Waals surface area contributed by atoms with Gasteiger partial charge in [0.2, 0.25) is 5.91 Å². The SMILES string of the molecule is O=C(CN1CCN(Cc2ccc(C(=O)O)cc2)CC1)Nc1ccc(O)cc1. The van der Waals surface area contributed by atoms with Crippen LogP contribution in [0.4, 0.5) is 5.69 Å². The molecule has 0 radical (unpaired) electrons. The molecule has 1 heterocycles. The molecule has 1 fully saturated rings. The van der Waals surface area contributed by atoms with Crippen molar-refractivity contribution in [1.29, 1.82) is 0 Å². The van der Waals surface area contributed by atoms with Gasteiger partial charge in [-0.05, 0) is 42.0 Å². The predicted molar refractivity (Wildman–Crippen MR) is 102 cm³/mol. The van der Waals surface area contributed by atoms with Crippen LogP contribution in [0.1, 0.15) is 15.9 Å². The van der Waals surface area contributed by atoms with Gasteiger partial charge < -0.3 is 15.5 Å². The number of amides is 1. The molecule has 1 saturated heterocycles. The number of piperazine rings is 1. The van der Waals surface area contributed by atoms with Gasteiger partial charge in [-0.25, -0.2) is 4.79 Å². The van der Waals surface area contributed by atoms with Gasteiger partial charge in [0.1, 0.15) is 5.75 Å². The van der Waals surface area contributed by atoms with E-state index in [0.717, 1.165) is 38.3 Å². The van der Waals surface area contributed by atoms with E-state index < -0.39 is 5.97 Å². The normalized spacial score (nSPS) is 15.4. The number of hydrogen-bond acceptors (Lipinski definition) is 5. The third-order valence-corrected chi connectivity index (χ3v) is 4.59. The first-order chi connectivity index (χ1) is 13.0. The Balaban J connectivity index is 1.42. The van der Waals surface area contributed by atoms with Gasteiger partial charge in [-0.2, -0.15) is 0 Å². The maximum Gasteiger partial charge on any atom is 0.335 e. The molecule has 142 valence electrons. The second-order valence-electron chi connectivity index (χ2n) is 6.65. The number of carboxylic acids is 1. The van der Waals surface area contributed by atoms with Crippen LogP contribution in [0.2, 0.25) is 0 Å². The first-order valence-electron chi connectivity index (χ1n) is 8.85. The topological polar surface area (TPSA) is 93.1 Å². The summed E-state index contributed by atoms with van der Waals surface area (Å²) in [5.74, 6) is -0.819. The van der Waals surface area contributed by atoms with Gasteiger partial charge in [-0.3, -0.25) is 14.6 Å². The number of anilines is 1. The van der Waals surface area contributed by atoms with Crippen molar-refractivity contribution in [1.82, 2.24) is 9.80 Å². The standard InChI is InChI=1S/C20H23N3O4/c24-18-7-5-17(6-8-18)21-19(25)14-23-11-9-22(10-12-23)13-15-1-3-16(4-2-15)20(26)27/h1-8,24H,9-14H2,(H,21,25)(H,26,27). The molecular weight excluding hydrogens is 346 g/mol. The predicted octanol–water partition coefficient (Wildman–Crippen LogP) is 1.85. The molecule has 2 aromatic rings. The molecule has 3 rings (SSSR count). The molecule has 1 amide bonds. The number of phenolic OH excluding ortho intramolecular Hbond substituents is 1. The Hall–Kier alpha value is -2.90. The minimum Gasteiger partial charge on any atom is -0.508 e. The number of aromatic hydroxyl groups is 1. The summed E-state index contributed by atoms with van der Waals surface area (Å²) in [6.07, 6.45) is 0. The Bertz CT molecular complexity index is 782. The third-order valence-electron chi connectivity index (χ3n) is 4.59. The molecular formula is C20H23N3O4. The quantitative estimate of drug-likeness (QED) is 0.673. The number of carboxylic acid groups (broad SMARTS) is 1. The van der Waals surface area contributed by atoms with Crippen LogP contribution < -0.4 is 5.32 Å². The van der Waals surface area contributed by atoms with Gasteiger partial charge in [0.15, 0.2) is 0 Å². The van der Waals surface area contributed by atoms with Crippen molar-refractivity contribution < 1.29 is 19.8 Å². The van der Waals surface area contributed by atoms with E-state index in [1.54, 1.807) is 24.3 Å². The van der Waals surface area contributed by atoms with E-state index >= 15 is 0 Å². The third kappa shape index (κ3) is 5.54. The number of carbonyl (C=O) groups excluding carboxylic acids is 1. The Kier molecular flexibility index (Phi) is 6.05. The van der Waals surface area contributed by atoms with E-state index in [9.17, 15) is 14.7 Å². The molecule has 1 aliphatic heterocycles. The zero-order valence-corrected chi connectivity index (χ0v) is 15.0. The lowest BCUT2D eigenvalue weighted by atomic mass is 10.1. The molecule has 0 spiro atoms. The smallest absolute Gasteiger partial charge is 0.335 e. The van der Waals surface area contributed by atoms with Crippen LogP contribution in [0.25, 0.3) is 0 Å². The molecule has 0 unspecified atom stereocenters. The van der Waals surface area contributed by atoms with Gasteiger partial charge in [0, 0.05) is 38.4 Å². The van der Waals surface area contributed by atoms with Crippen molar-refractivity contribution in [2.45, 2.75) is 6.54 Å². The lowest BCUT2D eigenvalue weighted by molar-refractivity contribution is -0.117. The number of hydrogen-bond donors (Lipinski definition) is 3. The summed E-state index contributed by atoms with van der Waals surface area (Å²) in [6, 6.07) is 13.4. The molecule has 7 nitrogen and oxygen atoms in total. The fourth-order valence-corrected chi connectivity index (χ4v) is 3.06. The van der Waals surface area contributed by atoms with E-state index in [-0.39, 0.29) is 11.7 Å². The second kappa shape index (κ2) is 8.66. The van der Waals surface area contributed by atoms with Gasteiger partial charge in [-0.15, -0.1) is 0 Å². The Morgan fingerprint density at radius 2 is 1.48 bits per heavy atom. The summed E-state index contributed by atoms with van der Waals surface area (Å²) in [7, 11) is 0. The maximum absolute atomic E-state index is 12.1. The number of carbonyl (C=O) groups is 2. The number of aromatic carboxylic acids is 1. The van der Waals surface area contributed by atoms with Crippen molar-refractivity contribution in [2.24, 2.45) is 0 Å². The van der Waals surface area contributed by atoms with Crippen LogP contribution in [-0.4, -0.2) is 64.6 Å². The van der Waals surface area contributed by atoms with Crippen molar-refractivity contribution in [3.8, 4) is 5.75 Å². The molecule has 0 aliphatic carbocycles. The summed E-state index contributed by atoms with van der Waals surface area (Å²) in [5, 5.41) is 21.0. The zero-order chi connectivity index (χ0) is 19.2. The Labute approximate surface area is 157 Å². The number of phenols is 1. The highest BCUT2D eigenvalue weighted by molar-refractivity contribution is 5.92. The fourth-order valence-electron chi connectivity index (χ4n) is 3.06. The van der Waals surface area contributed by atoms with Crippen molar-refractivity contribution in [2.75, 3.05) is 38.0 Å². The van der Waals surface area contributed by atoms with Crippen LogP contribution in [-0.2, 0) is 11.3 Å². The highest BCUT2D eigenvalue weighted by Crippen LogP contribution is 2.14. The number of nitrogens with one attached hydrogen (secondary N) is 1. The van der Waals surface area contributed by atoms with Gasteiger partial charge in [-0.1, -0.05) is 12.1 Å². The average molecular weight is 369 g/mol. The van der Waals surface area contributed by atoms with Gasteiger partial charge >= 0.3 is 5.97 Å². The highest BCUT2D eigenvalue weighted by atomic mass is 16.4. The molecule has 0 saturated carbocycles. The van der Waals surface area contributed by atoms with Gasteiger partial charge in [0.05, 0.1) is 12.1 Å². The highest BCUT2D eigenvalue weighted by Gasteiger charge is 2.19. The molecule has 0 aromatic heterocycles. The van der Waals surface area contributed by atoms with Crippen molar-refractivity contribution >= 4 is 17.6 Å². The monoisotopic (exact) mass is 369 g/mol. The summed E-state index contributed by atoms with van der Waals surface area (Å²) in [4.78, 5) is 27.5. The minimum absolute atomic E-state index is 0.0709. The van der Waals surface area contributed by atoms with Crippen molar-refractivity contribution in [3.63, 3.8) is 0 Å². The van der Waals surface area contributed by atoms with E-state index in [0.29, 0.717) is 17.8 Å². The van der Waals surface area contributed by atoms with E-state index in [1.807, 2.05) is 12.1 Å². The van der Waals surface area contributed by atoms with E-state index in [2.05, 4.69) is 15.1 Å². The van der Waals surface area contributed by atoms with E-state index in [4.69, 9.17) is 5.11 Å². The number of benzene rings is 2. The molecule has 3 N–H and O–H groups in total. The Morgan fingerprint density at radius 1 is 0.889 bits per heavy atom. The lowest BCUT2D eigenvalue weighted by Gasteiger charge is -2.34. The molecule has 7 heteroatoms. The molecule has 27 heavy (non-hydrogen) atoms. The summed E-state index contributed by atoms with van der Waals surface area (Å²) in [6.45, 7) is 4.42. The molecule has 1 aliphatic rings.